The van der Waals surface area contributed by atoms with Crippen LogP contribution in [-0.2, 0) is 6.61 Å². The third kappa shape index (κ3) is 3.01. The molecule has 0 bridgehead atoms. The molecule has 2 aromatic rings. The van der Waals surface area contributed by atoms with Crippen LogP contribution in [0, 0.1) is 17.1 Å². The van der Waals surface area contributed by atoms with Gasteiger partial charge in [0.15, 0.2) is 11.5 Å². The van der Waals surface area contributed by atoms with Gasteiger partial charge in [0.25, 0.3) is 0 Å². The lowest BCUT2D eigenvalue weighted by Gasteiger charge is -2.12. The average molecular weight is 292 g/mol. The van der Waals surface area contributed by atoms with Crippen LogP contribution in [0.15, 0.2) is 36.4 Å². The summed E-state index contributed by atoms with van der Waals surface area (Å²) in [4.78, 5) is 0. The van der Waals surface area contributed by atoms with Crippen LogP contribution in [0.3, 0.4) is 0 Å². The highest BCUT2D eigenvalue weighted by molar-refractivity contribution is 6.31. The molecule has 0 aliphatic heterocycles. The van der Waals surface area contributed by atoms with Gasteiger partial charge in [0.2, 0.25) is 0 Å². The molecule has 0 unspecified atom stereocenters. The fraction of sp³-hybridized carbons (Fsp3) is 0.133. The minimum atomic E-state index is -0.437. The molecular weight excluding hydrogens is 281 g/mol. The Morgan fingerprint density at radius 3 is 2.70 bits per heavy atom. The SMILES string of the molecule is COc1ccc(C#N)cc1OCc1c(F)cccc1Cl. The summed E-state index contributed by atoms with van der Waals surface area (Å²) >= 11 is 5.92. The van der Waals surface area contributed by atoms with Gasteiger partial charge in [-0.1, -0.05) is 17.7 Å². The monoisotopic (exact) mass is 291 g/mol. The molecule has 0 amide bonds. The fourth-order valence-electron chi connectivity index (χ4n) is 1.68. The standard InChI is InChI=1S/C15H11ClFNO2/c1-19-14-6-5-10(8-18)7-15(14)20-9-11-12(16)3-2-4-13(11)17/h2-7H,9H2,1H3. The first-order chi connectivity index (χ1) is 9.65. The Kier molecular flexibility index (Phi) is 4.44. The van der Waals surface area contributed by atoms with Crippen LogP contribution in [0.25, 0.3) is 0 Å². The van der Waals surface area contributed by atoms with E-state index in [2.05, 4.69) is 0 Å². The summed E-state index contributed by atoms with van der Waals surface area (Å²) in [5.41, 5.74) is 0.694. The molecule has 0 aliphatic carbocycles. The van der Waals surface area contributed by atoms with E-state index in [0.29, 0.717) is 22.1 Å². The average Bonchev–Trinajstić information content (AvgIpc) is 2.46. The van der Waals surface area contributed by atoms with E-state index in [1.54, 1.807) is 18.2 Å². The first-order valence-corrected chi connectivity index (χ1v) is 6.17. The van der Waals surface area contributed by atoms with Crippen LogP contribution in [0.5, 0.6) is 11.5 Å². The summed E-state index contributed by atoms with van der Waals surface area (Å²) in [6.07, 6.45) is 0. The van der Waals surface area contributed by atoms with E-state index < -0.39 is 5.82 Å². The summed E-state index contributed by atoms with van der Waals surface area (Å²) in [6.45, 7) is -0.0449. The van der Waals surface area contributed by atoms with Crippen molar-refractivity contribution in [2.45, 2.75) is 6.61 Å². The molecule has 0 heterocycles. The van der Waals surface area contributed by atoms with Crippen molar-refractivity contribution >= 4 is 11.6 Å². The fourth-order valence-corrected chi connectivity index (χ4v) is 1.90. The highest BCUT2D eigenvalue weighted by Gasteiger charge is 2.10. The number of methoxy groups -OCH3 is 1. The number of nitriles is 1. The molecule has 2 aromatic carbocycles. The zero-order valence-corrected chi connectivity index (χ0v) is 11.4. The third-order valence-electron chi connectivity index (χ3n) is 2.73. The van der Waals surface area contributed by atoms with Crippen molar-refractivity contribution in [1.29, 1.82) is 5.26 Å². The summed E-state index contributed by atoms with van der Waals surface area (Å²) in [5.74, 6) is 0.398. The van der Waals surface area contributed by atoms with Crippen LogP contribution in [0.4, 0.5) is 4.39 Å². The maximum Gasteiger partial charge on any atom is 0.162 e. The van der Waals surface area contributed by atoms with Crippen molar-refractivity contribution in [3.8, 4) is 17.6 Å². The molecule has 5 heteroatoms. The minimum Gasteiger partial charge on any atom is -0.493 e. The normalized spacial score (nSPS) is 9.90. The second-order valence-electron chi connectivity index (χ2n) is 3.97. The molecule has 0 atom stereocenters. The zero-order valence-electron chi connectivity index (χ0n) is 10.7. The highest BCUT2D eigenvalue weighted by Crippen LogP contribution is 2.29. The van der Waals surface area contributed by atoms with Gasteiger partial charge in [-0.15, -0.1) is 0 Å². The van der Waals surface area contributed by atoms with Gasteiger partial charge in [-0.05, 0) is 24.3 Å². The van der Waals surface area contributed by atoms with E-state index in [1.165, 1.54) is 25.3 Å². The van der Waals surface area contributed by atoms with Crippen molar-refractivity contribution < 1.29 is 13.9 Å². The van der Waals surface area contributed by atoms with Gasteiger partial charge in [-0.25, -0.2) is 4.39 Å². The molecule has 3 nitrogen and oxygen atoms in total. The molecule has 0 spiro atoms. The highest BCUT2D eigenvalue weighted by atomic mass is 35.5. The largest absolute Gasteiger partial charge is 0.493 e. The third-order valence-corrected chi connectivity index (χ3v) is 3.08. The lowest BCUT2D eigenvalue weighted by atomic mass is 10.2. The lowest BCUT2D eigenvalue weighted by molar-refractivity contribution is 0.280. The van der Waals surface area contributed by atoms with E-state index >= 15 is 0 Å². The molecule has 0 aliphatic rings. The predicted octanol–water partition coefficient (Wildman–Crippen LogP) is 3.94. The van der Waals surface area contributed by atoms with Crippen LogP contribution < -0.4 is 9.47 Å². The number of benzene rings is 2. The number of hydrogen-bond acceptors (Lipinski definition) is 3. The molecule has 20 heavy (non-hydrogen) atoms. The molecule has 2 rings (SSSR count). The first kappa shape index (κ1) is 14.2. The molecular formula is C15H11ClFNO2. The van der Waals surface area contributed by atoms with E-state index in [1.807, 2.05) is 6.07 Å². The van der Waals surface area contributed by atoms with Gasteiger partial charge in [0.05, 0.1) is 23.8 Å². The Balaban J connectivity index is 2.25. The van der Waals surface area contributed by atoms with Gasteiger partial charge in [0, 0.05) is 11.6 Å². The van der Waals surface area contributed by atoms with Crippen molar-refractivity contribution in [3.63, 3.8) is 0 Å². The first-order valence-electron chi connectivity index (χ1n) is 5.79. The zero-order chi connectivity index (χ0) is 14.5. The lowest BCUT2D eigenvalue weighted by Crippen LogP contribution is -2.01. The smallest absolute Gasteiger partial charge is 0.162 e. The number of halogens is 2. The quantitative estimate of drug-likeness (QED) is 0.857. The van der Waals surface area contributed by atoms with Gasteiger partial charge >= 0.3 is 0 Å². The van der Waals surface area contributed by atoms with Gasteiger partial charge < -0.3 is 9.47 Å². The second kappa shape index (κ2) is 6.27. The van der Waals surface area contributed by atoms with Crippen molar-refractivity contribution in [2.24, 2.45) is 0 Å². The summed E-state index contributed by atoms with van der Waals surface area (Å²) < 4.78 is 24.3. The molecule has 0 fully saturated rings. The Bertz CT molecular complexity index is 647. The maximum absolute atomic E-state index is 13.6. The van der Waals surface area contributed by atoms with Crippen molar-refractivity contribution in [1.82, 2.24) is 0 Å². The minimum absolute atomic E-state index is 0.0449. The number of nitrogens with zero attached hydrogens (tertiary/aromatic N) is 1. The van der Waals surface area contributed by atoms with Crippen molar-refractivity contribution in [2.75, 3.05) is 7.11 Å². The Hall–Kier alpha value is -2.25. The van der Waals surface area contributed by atoms with Gasteiger partial charge in [0.1, 0.15) is 12.4 Å². The summed E-state index contributed by atoms with van der Waals surface area (Å²) in [5, 5.41) is 9.16. The van der Waals surface area contributed by atoms with E-state index in [4.69, 9.17) is 26.3 Å². The van der Waals surface area contributed by atoms with E-state index in [-0.39, 0.29) is 12.2 Å². The van der Waals surface area contributed by atoms with Crippen molar-refractivity contribution in [3.05, 3.63) is 58.4 Å². The molecule has 102 valence electrons. The number of ether oxygens (including phenoxy) is 2. The van der Waals surface area contributed by atoms with Crippen LogP contribution in [0.2, 0.25) is 5.02 Å². The number of hydrogen-bond donors (Lipinski definition) is 0. The summed E-state index contributed by atoms with van der Waals surface area (Å²) in [6, 6.07) is 11.2. The van der Waals surface area contributed by atoms with E-state index in [9.17, 15) is 4.39 Å². The van der Waals surface area contributed by atoms with E-state index in [0.717, 1.165) is 0 Å². The molecule has 0 N–H and O–H groups in total. The molecule has 0 radical (unpaired) electrons. The van der Waals surface area contributed by atoms with Crippen LogP contribution in [-0.4, -0.2) is 7.11 Å². The second-order valence-corrected chi connectivity index (χ2v) is 4.37. The molecule has 0 aromatic heterocycles. The maximum atomic E-state index is 13.6. The van der Waals surface area contributed by atoms with Crippen LogP contribution >= 0.6 is 11.6 Å². The van der Waals surface area contributed by atoms with Crippen LogP contribution in [0.1, 0.15) is 11.1 Å². The summed E-state index contributed by atoms with van der Waals surface area (Å²) in [7, 11) is 1.49. The molecule has 0 saturated heterocycles. The Morgan fingerprint density at radius 1 is 1.25 bits per heavy atom. The Morgan fingerprint density at radius 2 is 2.05 bits per heavy atom. The molecule has 0 saturated carbocycles. The van der Waals surface area contributed by atoms with Gasteiger partial charge in [-0.2, -0.15) is 5.26 Å². The topological polar surface area (TPSA) is 42.2 Å². The Labute approximate surface area is 121 Å². The van der Waals surface area contributed by atoms with Gasteiger partial charge in [-0.3, -0.25) is 0 Å². The number of rotatable bonds is 4. The predicted molar refractivity (Wildman–Crippen MR) is 73.5 cm³/mol.